The van der Waals surface area contributed by atoms with Gasteiger partial charge in [-0.15, -0.1) is 0 Å². The number of unbranched alkanes of at least 4 members (excludes halogenated alkanes) is 28. The summed E-state index contributed by atoms with van der Waals surface area (Å²) in [7, 11) is 0. The van der Waals surface area contributed by atoms with Crippen LogP contribution in [-0.4, -0.2) is 37.2 Å². The summed E-state index contributed by atoms with van der Waals surface area (Å²) in [5.74, 6) is -0.905. The highest BCUT2D eigenvalue weighted by molar-refractivity contribution is 5.71. The van der Waals surface area contributed by atoms with Gasteiger partial charge < -0.3 is 14.2 Å². The molecule has 0 aliphatic rings. The number of carbonyl (C=O) groups excluding carboxylic acids is 3. The van der Waals surface area contributed by atoms with Crippen molar-refractivity contribution in [3.8, 4) is 0 Å². The smallest absolute Gasteiger partial charge is 0.306 e. The lowest BCUT2D eigenvalue weighted by Crippen LogP contribution is -2.30. The van der Waals surface area contributed by atoms with Crippen molar-refractivity contribution in [2.75, 3.05) is 13.2 Å². The maximum absolute atomic E-state index is 12.9. The maximum atomic E-state index is 12.9. The van der Waals surface area contributed by atoms with Crippen molar-refractivity contribution in [1.29, 1.82) is 0 Å². The Bertz CT molecular complexity index is 1640. The number of carbonyl (C=O) groups is 3. The van der Waals surface area contributed by atoms with Gasteiger partial charge in [0.2, 0.25) is 0 Å². The van der Waals surface area contributed by atoms with Crippen LogP contribution in [-0.2, 0) is 28.6 Å². The van der Waals surface area contributed by atoms with Gasteiger partial charge in [-0.2, -0.15) is 0 Å². The Kier molecular flexibility index (Phi) is 62.8. The summed E-state index contributed by atoms with van der Waals surface area (Å²) in [6.07, 6.45) is 92.0. The van der Waals surface area contributed by atoms with E-state index < -0.39 is 6.10 Å². The van der Waals surface area contributed by atoms with Crippen LogP contribution >= 0.6 is 0 Å². The van der Waals surface area contributed by atoms with Gasteiger partial charge >= 0.3 is 17.9 Å². The van der Waals surface area contributed by atoms with Crippen LogP contribution in [0.15, 0.2) is 122 Å². The third-order valence-electron chi connectivity index (χ3n) is 13.9. The molecule has 6 nitrogen and oxygen atoms in total. The summed E-state index contributed by atoms with van der Waals surface area (Å²) < 4.78 is 16.9. The van der Waals surface area contributed by atoms with Crippen LogP contribution in [0.2, 0.25) is 0 Å². The van der Waals surface area contributed by atoms with Gasteiger partial charge in [-0.05, 0) is 128 Å². The van der Waals surface area contributed by atoms with E-state index in [0.717, 1.165) is 135 Å². The molecule has 0 aromatic heterocycles. The van der Waals surface area contributed by atoms with Gasteiger partial charge in [-0.25, -0.2) is 0 Å². The Morgan fingerprint density at radius 3 is 0.772 bits per heavy atom. The number of rotatable bonds is 59. The first-order valence-corrected chi connectivity index (χ1v) is 33.0. The zero-order chi connectivity index (χ0) is 57.1. The van der Waals surface area contributed by atoms with Crippen molar-refractivity contribution in [2.24, 2.45) is 0 Å². The molecule has 6 heteroatoms. The minimum Gasteiger partial charge on any atom is -0.462 e. The van der Waals surface area contributed by atoms with Gasteiger partial charge in [-0.3, -0.25) is 14.4 Å². The van der Waals surface area contributed by atoms with Gasteiger partial charge in [0.15, 0.2) is 6.10 Å². The van der Waals surface area contributed by atoms with Crippen molar-refractivity contribution < 1.29 is 28.6 Å². The van der Waals surface area contributed by atoms with E-state index in [9.17, 15) is 14.4 Å². The molecule has 0 aliphatic heterocycles. The largest absolute Gasteiger partial charge is 0.462 e. The number of esters is 3. The van der Waals surface area contributed by atoms with Crippen LogP contribution in [0, 0.1) is 0 Å². The lowest BCUT2D eigenvalue weighted by molar-refractivity contribution is -0.167. The molecule has 0 radical (unpaired) electrons. The van der Waals surface area contributed by atoms with Gasteiger partial charge in [0.05, 0.1) is 0 Å². The SMILES string of the molecule is CC/C=C\C/C=C\C/C=C\C/C=C\C/C=C\CCCCCCCCCCCCCC(=O)OCC(COC(=O)CCCCCCC/C=C\C/C=C\C/C=C\CC)OC(=O)CCCCCCCCCCC/C=C\C/C=C\CCCCC. The predicted octanol–water partition coefficient (Wildman–Crippen LogP) is 22.8. The Morgan fingerprint density at radius 1 is 0.266 bits per heavy atom. The van der Waals surface area contributed by atoms with Crippen LogP contribution in [0.1, 0.15) is 303 Å². The minimum absolute atomic E-state index is 0.0882. The highest BCUT2D eigenvalue weighted by atomic mass is 16.6. The summed E-state index contributed by atoms with van der Waals surface area (Å²) in [6, 6.07) is 0. The minimum atomic E-state index is -0.793. The fraction of sp³-hybridized carbons (Fsp3) is 0.685. The van der Waals surface area contributed by atoms with Gasteiger partial charge in [0.1, 0.15) is 13.2 Å². The quantitative estimate of drug-likeness (QED) is 0.0261. The molecule has 0 saturated carbocycles. The number of hydrogen-bond acceptors (Lipinski definition) is 6. The van der Waals surface area contributed by atoms with E-state index in [4.69, 9.17) is 14.2 Å². The Hall–Kier alpha value is -4.19. The molecule has 0 heterocycles. The molecule has 0 aromatic rings. The standard InChI is InChI=1S/C73H122O6/c1-4-7-10-13-16-19-22-25-28-30-32-33-34-35-36-37-38-39-41-42-45-48-51-54-57-60-63-66-72(75)78-69-70(68-77-71(74)65-62-59-56-53-50-47-44-27-24-21-18-15-12-9-6-3)79-73(76)67-64-61-58-55-52-49-46-43-40-31-29-26-23-20-17-14-11-8-5-2/h7,9-10,12,16-21,25-29,32-33,35-36,44,70H,4-6,8,11,13-15,22-24,30-31,34,37-43,45-69H2,1-3H3/b10-7-,12-9-,19-16-,20-17-,21-18-,28-25-,29-26-,33-32-,36-35-,44-27-. The molecule has 0 amide bonds. The molecular formula is C73H122O6. The molecule has 0 N–H and O–H groups in total. The molecular weight excluding hydrogens is 973 g/mol. The van der Waals surface area contributed by atoms with Gasteiger partial charge in [0.25, 0.3) is 0 Å². The van der Waals surface area contributed by atoms with E-state index >= 15 is 0 Å². The number of ether oxygens (including phenoxy) is 3. The summed E-state index contributed by atoms with van der Waals surface area (Å²) in [4.78, 5) is 38.4. The molecule has 0 bridgehead atoms. The Balaban J connectivity index is 4.35. The number of hydrogen-bond donors (Lipinski definition) is 0. The monoisotopic (exact) mass is 1090 g/mol. The molecule has 1 atom stereocenters. The molecule has 450 valence electrons. The van der Waals surface area contributed by atoms with Crippen molar-refractivity contribution in [1.82, 2.24) is 0 Å². The highest BCUT2D eigenvalue weighted by Gasteiger charge is 2.19. The van der Waals surface area contributed by atoms with Gasteiger partial charge in [-0.1, -0.05) is 277 Å². The summed E-state index contributed by atoms with van der Waals surface area (Å²) in [6.45, 7) is 6.39. The highest BCUT2D eigenvalue weighted by Crippen LogP contribution is 2.16. The summed E-state index contributed by atoms with van der Waals surface area (Å²) in [5, 5.41) is 0. The van der Waals surface area contributed by atoms with Crippen LogP contribution in [0.3, 0.4) is 0 Å². The average molecular weight is 1100 g/mol. The first-order chi connectivity index (χ1) is 39.0. The van der Waals surface area contributed by atoms with Crippen LogP contribution in [0.4, 0.5) is 0 Å². The van der Waals surface area contributed by atoms with Crippen LogP contribution < -0.4 is 0 Å². The second kappa shape index (κ2) is 66.3. The Labute approximate surface area is 488 Å². The molecule has 0 aromatic carbocycles. The summed E-state index contributed by atoms with van der Waals surface area (Å²) in [5.41, 5.74) is 0. The topological polar surface area (TPSA) is 78.9 Å². The third kappa shape index (κ3) is 64.5. The third-order valence-corrected chi connectivity index (χ3v) is 13.9. The van der Waals surface area contributed by atoms with E-state index in [1.165, 1.54) is 128 Å². The van der Waals surface area contributed by atoms with Crippen LogP contribution in [0.25, 0.3) is 0 Å². The van der Waals surface area contributed by atoms with E-state index in [-0.39, 0.29) is 31.1 Å². The fourth-order valence-corrected chi connectivity index (χ4v) is 9.04. The first kappa shape index (κ1) is 74.8. The van der Waals surface area contributed by atoms with Crippen molar-refractivity contribution in [3.05, 3.63) is 122 Å². The molecule has 0 spiro atoms. The normalized spacial score (nSPS) is 12.9. The average Bonchev–Trinajstić information content (AvgIpc) is 3.45. The Morgan fingerprint density at radius 2 is 0.494 bits per heavy atom. The summed E-state index contributed by atoms with van der Waals surface area (Å²) >= 11 is 0. The lowest BCUT2D eigenvalue weighted by Gasteiger charge is -2.18. The number of allylic oxidation sites excluding steroid dienone is 20. The molecule has 0 fully saturated rings. The molecule has 79 heavy (non-hydrogen) atoms. The predicted molar refractivity (Wildman–Crippen MR) is 343 cm³/mol. The first-order valence-electron chi connectivity index (χ1n) is 33.0. The molecule has 0 aliphatic carbocycles. The van der Waals surface area contributed by atoms with E-state index in [1.54, 1.807) is 0 Å². The molecule has 1 unspecified atom stereocenters. The van der Waals surface area contributed by atoms with E-state index in [1.807, 2.05) is 0 Å². The fourth-order valence-electron chi connectivity index (χ4n) is 9.04. The van der Waals surface area contributed by atoms with Crippen LogP contribution in [0.5, 0.6) is 0 Å². The van der Waals surface area contributed by atoms with Crippen molar-refractivity contribution in [3.63, 3.8) is 0 Å². The second-order valence-electron chi connectivity index (χ2n) is 21.6. The van der Waals surface area contributed by atoms with Gasteiger partial charge in [0, 0.05) is 19.3 Å². The van der Waals surface area contributed by atoms with Crippen molar-refractivity contribution >= 4 is 17.9 Å². The van der Waals surface area contributed by atoms with Crippen molar-refractivity contribution in [2.45, 2.75) is 309 Å². The van der Waals surface area contributed by atoms with E-state index in [2.05, 4.69) is 142 Å². The van der Waals surface area contributed by atoms with E-state index in [0.29, 0.717) is 19.3 Å². The lowest BCUT2D eigenvalue weighted by atomic mass is 10.0. The second-order valence-corrected chi connectivity index (χ2v) is 21.6. The zero-order valence-electron chi connectivity index (χ0n) is 51.6. The maximum Gasteiger partial charge on any atom is 0.306 e. The zero-order valence-corrected chi connectivity index (χ0v) is 51.6. The molecule has 0 saturated heterocycles. The molecule has 0 rings (SSSR count).